The largest absolute Gasteiger partial charge is 0.355 e. The van der Waals surface area contributed by atoms with Crippen LogP contribution in [-0.2, 0) is 0 Å². The molecule has 4 heterocycles. The predicted molar refractivity (Wildman–Crippen MR) is 208 cm³/mol. The zero-order valence-electron chi connectivity index (χ0n) is 26.7. The molecule has 5 aromatic carbocycles. The third-order valence-electron chi connectivity index (χ3n) is 10.8. The van der Waals surface area contributed by atoms with Gasteiger partial charge in [-0.05, 0) is 83.3 Å². The number of nitrogens with one attached hydrogen (secondary N) is 1. The first kappa shape index (κ1) is 27.3. The van der Waals surface area contributed by atoms with Gasteiger partial charge in [0.1, 0.15) is 5.65 Å². The molecule has 0 radical (unpaired) electrons. The molecule has 0 saturated heterocycles. The molecule has 4 aromatic heterocycles. The molecule has 0 fully saturated rings. The highest BCUT2D eigenvalue weighted by atomic mass is 32.1. The number of benzene rings is 5. The van der Waals surface area contributed by atoms with Crippen LogP contribution in [0.15, 0.2) is 134 Å². The second kappa shape index (κ2) is 10.4. The number of hydrogen-bond acceptors (Lipinski definition) is 2. The fourth-order valence-corrected chi connectivity index (χ4v) is 9.49. The molecule has 4 heteroatoms. The summed E-state index contributed by atoms with van der Waals surface area (Å²) in [7, 11) is 0. The monoisotopic (exact) mass is 645 g/mol. The smallest absolute Gasteiger partial charge is 0.145 e. The molecule has 3 nitrogen and oxygen atoms in total. The van der Waals surface area contributed by atoms with Crippen molar-refractivity contribution in [3.05, 3.63) is 155 Å². The van der Waals surface area contributed by atoms with E-state index >= 15 is 0 Å². The molecule has 11 rings (SSSR count). The van der Waals surface area contributed by atoms with E-state index < -0.39 is 0 Å². The van der Waals surface area contributed by atoms with E-state index in [4.69, 9.17) is 4.98 Å². The first-order valence-corrected chi connectivity index (χ1v) is 18.0. The molecule has 0 bridgehead atoms. The van der Waals surface area contributed by atoms with Crippen molar-refractivity contribution in [2.24, 2.45) is 0 Å². The quantitative estimate of drug-likeness (QED) is 0.204. The molecule has 2 aliphatic carbocycles. The summed E-state index contributed by atoms with van der Waals surface area (Å²) >= 11 is 1.90. The summed E-state index contributed by atoms with van der Waals surface area (Å²) in [6.07, 6.45) is 17.7. The number of allylic oxidation sites excluding steroid dienone is 4. The Morgan fingerprint density at radius 2 is 1.57 bits per heavy atom. The van der Waals surface area contributed by atoms with E-state index in [1.54, 1.807) is 0 Å². The van der Waals surface area contributed by atoms with Crippen molar-refractivity contribution in [1.29, 1.82) is 0 Å². The van der Waals surface area contributed by atoms with Gasteiger partial charge < -0.3 is 4.98 Å². The standard InChI is InChI=1S/C45H31N3S/c1-2-8-27(9-3-1)30-12-6-13-33(21-30)48-42-26-44-38(23-37(42)34-14-7-19-46-45(34)48)39-24-41-36(25-43(39)49-44)35-22-32(17-18-40(35)47-41)31-16-15-28-10-4-5-11-29(28)20-31/h1-8,10-16,18-27,32,47H,9,17H2/t27?,32-/m0/s1. The number of H-pyrrole nitrogens is 1. The van der Waals surface area contributed by atoms with E-state index in [9.17, 15) is 0 Å². The number of aromatic amines is 1. The van der Waals surface area contributed by atoms with Crippen LogP contribution in [0, 0.1) is 0 Å². The van der Waals surface area contributed by atoms with E-state index in [2.05, 4.69) is 149 Å². The van der Waals surface area contributed by atoms with Crippen LogP contribution in [-0.4, -0.2) is 14.5 Å². The van der Waals surface area contributed by atoms with Gasteiger partial charge in [0.2, 0.25) is 0 Å². The first-order valence-electron chi connectivity index (χ1n) is 17.2. The Labute approximate surface area is 286 Å². The summed E-state index contributed by atoms with van der Waals surface area (Å²) < 4.78 is 4.99. The normalized spacial score (nSPS) is 17.4. The summed E-state index contributed by atoms with van der Waals surface area (Å²) in [5.74, 6) is 0.759. The summed E-state index contributed by atoms with van der Waals surface area (Å²) in [5.41, 5.74) is 7.28. The highest BCUT2D eigenvalue weighted by Crippen LogP contribution is 2.41. The number of fused-ring (bicyclic) bond motifs is 10. The molecule has 0 aliphatic heterocycles. The molecule has 232 valence electrons. The summed E-state index contributed by atoms with van der Waals surface area (Å²) in [4.78, 5) is 8.71. The van der Waals surface area contributed by atoms with E-state index in [0.717, 1.165) is 24.2 Å². The molecular weight excluding hydrogens is 615 g/mol. The third-order valence-corrected chi connectivity index (χ3v) is 11.9. The van der Waals surface area contributed by atoms with Gasteiger partial charge in [-0.15, -0.1) is 11.3 Å². The number of nitrogens with zero attached hydrogens (tertiary/aromatic N) is 2. The molecular formula is C45H31N3S. The maximum Gasteiger partial charge on any atom is 0.145 e. The highest BCUT2D eigenvalue weighted by Gasteiger charge is 2.19. The zero-order valence-corrected chi connectivity index (χ0v) is 27.5. The van der Waals surface area contributed by atoms with Gasteiger partial charge in [-0.1, -0.05) is 91.1 Å². The van der Waals surface area contributed by atoms with Crippen LogP contribution in [0.3, 0.4) is 0 Å². The predicted octanol–water partition coefficient (Wildman–Crippen LogP) is 10.5. The minimum Gasteiger partial charge on any atom is -0.355 e. The highest BCUT2D eigenvalue weighted by molar-refractivity contribution is 7.26. The second-order valence-corrected chi connectivity index (χ2v) is 14.7. The molecule has 0 amide bonds. The van der Waals surface area contributed by atoms with Crippen molar-refractivity contribution in [3.63, 3.8) is 0 Å². The van der Waals surface area contributed by atoms with E-state index in [1.807, 2.05) is 17.5 Å². The Hall–Kier alpha value is -5.71. The van der Waals surface area contributed by atoms with Crippen LogP contribution in [0.4, 0.5) is 0 Å². The summed E-state index contributed by atoms with van der Waals surface area (Å²) in [5, 5.41) is 11.5. The van der Waals surface area contributed by atoms with Gasteiger partial charge in [0.05, 0.1) is 5.52 Å². The SMILES string of the molecule is C1=CCC(c2cccc(-n3c4cc5sc6cc7c8c([nH]c7cc6c5cc4c4cccnc43)=CC[C@H](c3ccc4ccccc4c3)C=8)c2)C=C1. The van der Waals surface area contributed by atoms with Gasteiger partial charge in [0.15, 0.2) is 0 Å². The van der Waals surface area contributed by atoms with Crippen molar-refractivity contribution in [2.75, 3.05) is 0 Å². The molecule has 0 spiro atoms. The minimum atomic E-state index is 0.362. The van der Waals surface area contributed by atoms with Crippen LogP contribution in [0.2, 0.25) is 0 Å². The van der Waals surface area contributed by atoms with Gasteiger partial charge in [0.25, 0.3) is 0 Å². The van der Waals surface area contributed by atoms with Gasteiger partial charge in [0, 0.05) is 76.1 Å². The van der Waals surface area contributed by atoms with Gasteiger partial charge in [-0.3, -0.25) is 4.57 Å². The van der Waals surface area contributed by atoms with Crippen LogP contribution >= 0.6 is 11.3 Å². The summed E-state index contributed by atoms with van der Waals surface area (Å²) in [6.45, 7) is 0. The van der Waals surface area contributed by atoms with Gasteiger partial charge in [-0.25, -0.2) is 4.98 Å². The second-order valence-electron chi connectivity index (χ2n) is 13.6. The molecule has 0 saturated carbocycles. The topological polar surface area (TPSA) is 33.6 Å². The first-order chi connectivity index (χ1) is 24.2. The fraction of sp³-hybridized carbons (Fsp3) is 0.0889. The van der Waals surface area contributed by atoms with Crippen molar-refractivity contribution < 1.29 is 0 Å². The third kappa shape index (κ3) is 4.17. The average molecular weight is 646 g/mol. The molecule has 49 heavy (non-hydrogen) atoms. The average Bonchev–Trinajstić information content (AvgIpc) is 3.81. The van der Waals surface area contributed by atoms with E-state index in [0.29, 0.717) is 11.8 Å². The van der Waals surface area contributed by atoms with Crippen molar-refractivity contribution in [2.45, 2.75) is 24.7 Å². The number of thiophene rings is 1. The number of rotatable bonds is 3. The van der Waals surface area contributed by atoms with Crippen molar-refractivity contribution in [3.8, 4) is 5.69 Å². The van der Waals surface area contributed by atoms with Crippen LogP contribution in [0.1, 0.15) is 35.8 Å². The Morgan fingerprint density at radius 1 is 0.673 bits per heavy atom. The van der Waals surface area contributed by atoms with Crippen LogP contribution in [0.5, 0.6) is 0 Å². The molecule has 2 atom stereocenters. The fourth-order valence-electron chi connectivity index (χ4n) is 8.35. The lowest BCUT2D eigenvalue weighted by atomic mass is 9.90. The van der Waals surface area contributed by atoms with Crippen molar-refractivity contribution >= 4 is 87.3 Å². The van der Waals surface area contributed by atoms with Crippen LogP contribution < -0.4 is 10.6 Å². The number of hydrogen-bond donors (Lipinski definition) is 1. The lowest BCUT2D eigenvalue weighted by Crippen LogP contribution is -2.27. The minimum absolute atomic E-state index is 0.362. The Kier molecular flexibility index (Phi) is 5.78. The molecule has 1 N–H and O–H groups in total. The Balaban J connectivity index is 1.08. The van der Waals surface area contributed by atoms with E-state index in [1.165, 1.54) is 79.8 Å². The van der Waals surface area contributed by atoms with Crippen molar-refractivity contribution in [1.82, 2.24) is 14.5 Å². The Morgan fingerprint density at radius 3 is 2.51 bits per heavy atom. The van der Waals surface area contributed by atoms with Gasteiger partial charge in [-0.2, -0.15) is 0 Å². The van der Waals surface area contributed by atoms with E-state index in [-0.39, 0.29) is 0 Å². The molecule has 2 aliphatic rings. The Bertz CT molecular complexity index is 3020. The maximum absolute atomic E-state index is 4.92. The molecule has 9 aromatic rings. The number of pyridine rings is 1. The number of aromatic nitrogens is 3. The van der Waals surface area contributed by atoms with Crippen LogP contribution in [0.25, 0.3) is 81.6 Å². The molecule has 1 unspecified atom stereocenters. The lowest BCUT2D eigenvalue weighted by Gasteiger charge is -2.15. The summed E-state index contributed by atoms with van der Waals surface area (Å²) in [6, 6.07) is 38.5. The zero-order chi connectivity index (χ0) is 32.1. The maximum atomic E-state index is 4.92. The van der Waals surface area contributed by atoms with Gasteiger partial charge >= 0.3 is 0 Å². The lowest BCUT2D eigenvalue weighted by molar-refractivity contribution is 0.852.